The number of rotatable bonds is 5. The molecule has 4 nitrogen and oxygen atoms in total. The van der Waals surface area contributed by atoms with Crippen LogP contribution < -0.4 is 10.1 Å². The molecule has 0 fully saturated rings. The molecule has 1 aromatic heterocycles. The van der Waals surface area contributed by atoms with Gasteiger partial charge in [-0.3, -0.25) is 9.78 Å². The van der Waals surface area contributed by atoms with Gasteiger partial charge in [-0.15, -0.1) is 0 Å². The Hall–Kier alpha value is -2.88. The SMILES string of the molecule is O=C(NCCOc1ccccc1)c1ccnc2ccccc12. The minimum absolute atomic E-state index is 0.115. The van der Waals surface area contributed by atoms with Crippen LogP contribution in [0.4, 0.5) is 0 Å². The normalized spacial score (nSPS) is 10.4. The molecule has 0 saturated heterocycles. The number of fused-ring (bicyclic) bond motifs is 1. The smallest absolute Gasteiger partial charge is 0.252 e. The van der Waals surface area contributed by atoms with Gasteiger partial charge >= 0.3 is 0 Å². The van der Waals surface area contributed by atoms with Crippen LogP contribution in [0.5, 0.6) is 5.75 Å². The largest absolute Gasteiger partial charge is 0.492 e. The van der Waals surface area contributed by atoms with Crippen LogP contribution in [0.2, 0.25) is 0 Å². The van der Waals surface area contributed by atoms with Crippen molar-refractivity contribution in [2.75, 3.05) is 13.2 Å². The summed E-state index contributed by atoms with van der Waals surface area (Å²) in [6.45, 7) is 0.878. The lowest BCUT2D eigenvalue weighted by Crippen LogP contribution is -2.28. The second-order valence-electron chi connectivity index (χ2n) is 4.79. The Balaban J connectivity index is 1.60. The number of para-hydroxylation sites is 2. The molecule has 0 saturated carbocycles. The van der Waals surface area contributed by atoms with E-state index < -0.39 is 0 Å². The van der Waals surface area contributed by atoms with Crippen LogP contribution in [0.1, 0.15) is 10.4 Å². The molecule has 0 aliphatic rings. The maximum absolute atomic E-state index is 12.3. The molecule has 0 atom stereocenters. The first-order valence-corrected chi connectivity index (χ1v) is 7.14. The van der Waals surface area contributed by atoms with Gasteiger partial charge in [0.2, 0.25) is 0 Å². The van der Waals surface area contributed by atoms with Gasteiger partial charge in [-0.2, -0.15) is 0 Å². The number of amides is 1. The Bertz CT molecular complexity index is 767. The van der Waals surface area contributed by atoms with Crippen LogP contribution in [0.25, 0.3) is 10.9 Å². The fourth-order valence-electron chi connectivity index (χ4n) is 2.24. The zero-order chi connectivity index (χ0) is 15.2. The Labute approximate surface area is 128 Å². The van der Waals surface area contributed by atoms with Crippen LogP contribution in [0.3, 0.4) is 0 Å². The average Bonchev–Trinajstić information content (AvgIpc) is 2.59. The quantitative estimate of drug-likeness (QED) is 0.735. The van der Waals surface area contributed by atoms with Crippen LogP contribution in [0.15, 0.2) is 66.9 Å². The van der Waals surface area contributed by atoms with Crippen LogP contribution in [0, 0.1) is 0 Å². The zero-order valence-corrected chi connectivity index (χ0v) is 12.0. The maximum Gasteiger partial charge on any atom is 0.252 e. The lowest BCUT2D eigenvalue weighted by molar-refractivity contribution is 0.0948. The summed E-state index contributed by atoms with van der Waals surface area (Å²) in [6.07, 6.45) is 1.65. The van der Waals surface area contributed by atoms with Gasteiger partial charge in [-0.25, -0.2) is 0 Å². The number of hydrogen-bond acceptors (Lipinski definition) is 3. The summed E-state index contributed by atoms with van der Waals surface area (Å²) >= 11 is 0. The van der Waals surface area contributed by atoms with E-state index in [0.29, 0.717) is 18.7 Å². The highest BCUT2D eigenvalue weighted by Gasteiger charge is 2.09. The molecule has 0 aliphatic heterocycles. The molecule has 1 heterocycles. The van der Waals surface area contributed by atoms with E-state index in [-0.39, 0.29) is 5.91 Å². The molecule has 22 heavy (non-hydrogen) atoms. The summed E-state index contributed by atoms with van der Waals surface area (Å²) in [4.78, 5) is 16.5. The molecular weight excluding hydrogens is 276 g/mol. The summed E-state index contributed by atoms with van der Waals surface area (Å²) in [5.74, 6) is 0.682. The standard InChI is InChI=1S/C18H16N2O2/c21-18(20-12-13-22-14-6-2-1-3-7-14)16-10-11-19-17-9-5-4-8-15(16)17/h1-11H,12-13H2,(H,20,21). The lowest BCUT2D eigenvalue weighted by Gasteiger charge is -2.09. The monoisotopic (exact) mass is 292 g/mol. The molecule has 2 aromatic carbocycles. The van der Waals surface area contributed by atoms with E-state index >= 15 is 0 Å². The molecule has 3 aromatic rings. The van der Waals surface area contributed by atoms with Crippen LogP contribution >= 0.6 is 0 Å². The summed E-state index contributed by atoms with van der Waals surface area (Å²) in [5, 5.41) is 3.72. The highest BCUT2D eigenvalue weighted by molar-refractivity contribution is 6.05. The predicted octanol–water partition coefficient (Wildman–Crippen LogP) is 3.04. The van der Waals surface area contributed by atoms with Gasteiger partial charge in [0.1, 0.15) is 12.4 Å². The Kier molecular flexibility index (Phi) is 4.30. The molecule has 0 spiro atoms. The Morgan fingerprint density at radius 2 is 1.77 bits per heavy atom. The van der Waals surface area contributed by atoms with Crippen molar-refractivity contribution in [3.63, 3.8) is 0 Å². The minimum atomic E-state index is -0.115. The van der Waals surface area contributed by atoms with Gasteiger partial charge in [0, 0.05) is 11.6 Å². The third-order valence-electron chi connectivity index (χ3n) is 3.29. The number of nitrogens with zero attached hydrogens (tertiary/aromatic N) is 1. The van der Waals surface area contributed by atoms with E-state index in [1.807, 2.05) is 54.6 Å². The molecular formula is C18H16N2O2. The van der Waals surface area contributed by atoms with E-state index in [2.05, 4.69) is 10.3 Å². The Morgan fingerprint density at radius 3 is 2.64 bits per heavy atom. The van der Waals surface area contributed by atoms with E-state index in [4.69, 9.17) is 4.74 Å². The van der Waals surface area contributed by atoms with Crippen molar-refractivity contribution in [1.29, 1.82) is 0 Å². The lowest BCUT2D eigenvalue weighted by atomic mass is 10.1. The Morgan fingerprint density at radius 1 is 1.00 bits per heavy atom. The maximum atomic E-state index is 12.3. The van der Waals surface area contributed by atoms with Crippen molar-refractivity contribution in [2.24, 2.45) is 0 Å². The second-order valence-corrected chi connectivity index (χ2v) is 4.79. The number of ether oxygens (including phenoxy) is 1. The van der Waals surface area contributed by atoms with Gasteiger partial charge in [0.15, 0.2) is 0 Å². The number of carbonyl (C=O) groups is 1. The van der Waals surface area contributed by atoms with E-state index in [1.54, 1.807) is 12.3 Å². The van der Waals surface area contributed by atoms with Crippen molar-refractivity contribution >= 4 is 16.8 Å². The molecule has 1 amide bonds. The average molecular weight is 292 g/mol. The van der Waals surface area contributed by atoms with Crippen molar-refractivity contribution in [1.82, 2.24) is 10.3 Å². The van der Waals surface area contributed by atoms with Gasteiger partial charge in [-0.05, 0) is 24.3 Å². The number of nitrogens with one attached hydrogen (secondary N) is 1. The molecule has 0 unspecified atom stereocenters. The first-order valence-electron chi connectivity index (χ1n) is 7.14. The van der Waals surface area contributed by atoms with Gasteiger partial charge in [0.25, 0.3) is 5.91 Å². The van der Waals surface area contributed by atoms with Crippen LogP contribution in [-0.4, -0.2) is 24.0 Å². The number of hydrogen-bond donors (Lipinski definition) is 1. The first-order chi connectivity index (χ1) is 10.8. The summed E-state index contributed by atoms with van der Waals surface area (Å²) in [5.41, 5.74) is 1.45. The highest BCUT2D eigenvalue weighted by atomic mass is 16.5. The molecule has 0 radical (unpaired) electrons. The number of aromatic nitrogens is 1. The van der Waals surface area contributed by atoms with Crippen molar-refractivity contribution in [2.45, 2.75) is 0 Å². The third-order valence-corrected chi connectivity index (χ3v) is 3.29. The zero-order valence-electron chi connectivity index (χ0n) is 12.0. The van der Waals surface area contributed by atoms with Gasteiger partial charge < -0.3 is 10.1 Å². The predicted molar refractivity (Wildman–Crippen MR) is 86.0 cm³/mol. The molecule has 110 valence electrons. The molecule has 0 aliphatic carbocycles. The molecule has 0 bridgehead atoms. The first kappa shape index (κ1) is 14.1. The number of pyridine rings is 1. The van der Waals surface area contributed by atoms with Crippen molar-refractivity contribution < 1.29 is 9.53 Å². The van der Waals surface area contributed by atoms with E-state index in [1.165, 1.54) is 0 Å². The fourth-order valence-corrected chi connectivity index (χ4v) is 2.24. The summed E-state index contributed by atoms with van der Waals surface area (Å²) in [7, 11) is 0. The van der Waals surface area contributed by atoms with Crippen LogP contribution in [-0.2, 0) is 0 Å². The highest BCUT2D eigenvalue weighted by Crippen LogP contribution is 2.15. The minimum Gasteiger partial charge on any atom is -0.492 e. The van der Waals surface area contributed by atoms with Gasteiger partial charge in [0.05, 0.1) is 17.6 Å². The molecule has 3 rings (SSSR count). The second kappa shape index (κ2) is 6.72. The number of carbonyl (C=O) groups excluding carboxylic acids is 1. The number of benzene rings is 2. The third kappa shape index (κ3) is 3.23. The van der Waals surface area contributed by atoms with Crippen molar-refractivity contribution in [3.8, 4) is 5.75 Å². The van der Waals surface area contributed by atoms with E-state index in [0.717, 1.165) is 16.7 Å². The van der Waals surface area contributed by atoms with Crippen molar-refractivity contribution in [3.05, 3.63) is 72.4 Å². The summed E-state index contributed by atoms with van der Waals surface area (Å²) < 4.78 is 5.55. The van der Waals surface area contributed by atoms with E-state index in [9.17, 15) is 4.79 Å². The fraction of sp³-hybridized carbons (Fsp3) is 0.111. The molecule has 4 heteroatoms. The summed E-state index contributed by atoms with van der Waals surface area (Å²) in [6, 6.07) is 18.9. The topological polar surface area (TPSA) is 51.2 Å². The molecule has 1 N–H and O–H groups in total. The van der Waals surface area contributed by atoms with Gasteiger partial charge in [-0.1, -0.05) is 36.4 Å².